The van der Waals surface area contributed by atoms with E-state index in [1.807, 2.05) is 48.2 Å². The SMILES string of the molecule is COc1cccc(CNC(=O)CN2CCSc3ccccc32)c1. The summed E-state index contributed by atoms with van der Waals surface area (Å²) in [7, 11) is 1.64. The van der Waals surface area contributed by atoms with Crippen LogP contribution in [0.4, 0.5) is 5.69 Å². The van der Waals surface area contributed by atoms with E-state index in [1.54, 1.807) is 7.11 Å². The summed E-state index contributed by atoms with van der Waals surface area (Å²) in [6.45, 7) is 1.80. The van der Waals surface area contributed by atoms with Crippen LogP contribution in [0.5, 0.6) is 5.75 Å². The predicted octanol–water partition coefficient (Wildman–Crippen LogP) is 2.92. The first kappa shape index (κ1) is 15.7. The average molecular weight is 328 g/mol. The third kappa shape index (κ3) is 3.99. The van der Waals surface area contributed by atoms with Gasteiger partial charge in [-0.2, -0.15) is 0 Å². The van der Waals surface area contributed by atoms with Crippen molar-refractivity contribution in [2.24, 2.45) is 0 Å². The molecular formula is C18H20N2O2S. The normalized spacial score (nSPS) is 13.3. The summed E-state index contributed by atoms with van der Waals surface area (Å²) in [6.07, 6.45) is 0. The van der Waals surface area contributed by atoms with Crippen LogP contribution in [0.3, 0.4) is 0 Å². The van der Waals surface area contributed by atoms with E-state index in [0.29, 0.717) is 13.1 Å². The van der Waals surface area contributed by atoms with Crippen LogP contribution in [0.1, 0.15) is 5.56 Å². The number of hydrogen-bond donors (Lipinski definition) is 1. The van der Waals surface area contributed by atoms with Gasteiger partial charge < -0.3 is 15.0 Å². The van der Waals surface area contributed by atoms with Gasteiger partial charge in [0.2, 0.25) is 5.91 Å². The van der Waals surface area contributed by atoms with Crippen molar-refractivity contribution in [2.75, 3.05) is 30.9 Å². The van der Waals surface area contributed by atoms with Gasteiger partial charge in [0.1, 0.15) is 5.75 Å². The first-order valence-electron chi connectivity index (χ1n) is 7.62. The fourth-order valence-electron chi connectivity index (χ4n) is 2.60. The second kappa shape index (κ2) is 7.42. The minimum atomic E-state index is 0.0366. The molecule has 120 valence electrons. The highest BCUT2D eigenvalue weighted by Gasteiger charge is 2.18. The van der Waals surface area contributed by atoms with Gasteiger partial charge in [-0.1, -0.05) is 24.3 Å². The summed E-state index contributed by atoms with van der Waals surface area (Å²) in [5.41, 5.74) is 2.19. The van der Waals surface area contributed by atoms with Gasteiger partial charge in [0.05, 0.1) is 19.3 Å². The Morgan fingerprint density at radius 2 is 2.13 bits per heavy atom. The summed E-state index contributed by atoms with van der Waals surface area (Å²) < 4.78 is 5.20. The lowest BCUT2D eigenvalue weighted by Crippen LogP contribution is -2.39. The van der Waals surface area contributed by atoms with Crippen LogP contribution in [0.15, 0.2) is 53.4 Å². The van der Waals surface area contributed by atoms with Gasteiger partial charge in [-0.25, -0.2) is 0 Å². The maximum atomic E-state index is 12.3. The molecule has 0 spiro atoms. The van der Waals surface area contributed by atoms with Crippen molar-refractivity contribution in [1.29, 1.82) is 0 Å². The molecule has 1 heterocycles. The lowest BCUT2D eigenvalue weighted by molar-refractivity contribution is -0.119. The highest BCUT2D eigenvalue weighted by atomic mass is 32.2. The fraction of sp³-hybridized carbons (Fsp3) is 0.278. The van der Waals surface area contributed by atoms with Gasteiger partial charge in [-0.15, -0.1) is 11.8 Å². The largest absolute Gasteiger partial charge is 0.497 e. The van der Waals surface area contributed by atoms with Crippen LogP contribution in [0.2, 0.25) is 0 Å². The van der Waals surface area contributed by atoms with Crippen molar-refractivity contribution in [3.63, 3.8) is 0 Å². The zero-order valence-electron chi connectivity index (χ0n) is 13.1. The quantitative estimate of drug-likeness (QED) is 0.916. The molecule has 0 bridgehead atoms. The summed E-state index contributed by atoms with van der Waals surface area (Å²) in [5.74, 6) is 1.86. The number of carbonyl (C=O) groups excluding carboxylic acids is 1. The van der Waals surface area contributed by atoms with Crippen LogP contribution in [0.25, 0.3) is 0 Å². The van der Waals surface area contributed by atoms with Gasteiger partial charge in [0.15, 0.2) is 0 Å². The number of thioether (sulfide) groups is 1. The van der Waals surface area contributed by atoms with E-state index in [9.17, 15) is 4.79 Å². The Morgan fingerprint density at radius 3 is 3.00 bits per heavy atom. The molecule has 2 aromatic rings. The van der Waals surface area contributed by atoms with Gasteiger partial charge in [-0.3, -0.25) is 4.79 Å². The first-order chi connectivity index (χ1) is 11.3. The second-order valence-corrected chi connectivity index (χ2v) is 6.50. The summed E-state index contributed by atoms with van der Waals surface area (Å²) in [5, 5.41) is 2.99. The molecule has 23 heavy (non-hydrogen) atoms. The van der Waals surface area contributed by atoms with E-state index in [2.05, 4.69) is 22.3 Å². The molecule has 0 radical (unpaired) electrons. The number of methoxy groups -OCH3 is 1. The number of benzene rings is 2. The predicted molar refractivity (Wildman–Crippen MR) is 94.2 cm³/mol. The minimum absolute atomic E-state index is 0.0366. The number of ether oxygens (including phenoxy) is 1. The maximum absolute atomic E-state index is 12.3. The molecule has 5 heteroatoms. The van der Waals surface area contributed by atoms with Crippen LogP contribution < -0.4 is 15.0 Å². The Labute approximate surface area is 140 Å². The Kier molecular flexibility index (Phi) is 5.08. The summed E-state index contributed by atoms with van der Waals surface area (Å²) in [6, 6.07) is 16.0. The topological polar surface area (TPSA) is 41.6 Å². The van der Waals surface area contributed by atoms with Crippen LogP contribution in [0, 0.1) is 0 Å². The van der Waals surface area contributed by atoms with Gasteiger partial charge in [0, 0.05) is 23.7 Å². The minimum Gasteiger partial charge on any atom is -0.497 e. The Morgan fingerprint density at radius 1 is 1.26 bits per heavy atom. The number of nitrogens with one attached hydrogen (secondary N) is 1. The number of rotatable bonds is 5. The maximum Gasteiger partial charge on any atom is 0.239 e. The van der Waals surface area contributed by atoms with Gasteiger partial charge >= 0.3 is 0 Å². The lowest BCUT2D eigenvalue weighted by atomic mass is 10.2. The highest BCUT2D eigenvalue weighted by molar-refractivity contribution is 7.99. The highest BCUT2D eigenvalue weighted by Crippen LogP contribution is 2.33. The molecule has 3 rings (SSSR count). The molecule has 0 saturated heterocycles. The zero-order chi connectivity index (χ0) is 16.1. The molecule has 0 aromatic heterocycles. The molecule has 4 nitrogen and oxygen atoms in total. The standard InChI is InChI=1S/C18H20N2O2S/c1-22-15-6-4-5-14(11-15)12-19-18(21)13-20-9-10-23-17-8-3-2-7-16(17)20/h2-8,11H,9-10,12-13H2,1H3,(H,19,21). The number of para-hydroxylation sites is 1. The summed E-state index contributed by atoms with van der Waals surface area (Å²) >= 11 is 1.85. The number of anilines is 1. The summed E-state index contributed by atoms with van der Waals surface area (Å²) in [4.78, 5) is 15.7. The lowest BCUT2D eigenvalue weighted by Gasteiger charge is -2.30. The van der Waals surface area contributed by atoms with E-state index in [0.717, 1.165) is 29.3 Å². The van der Waals surface area contributed by atoms with E-state index in [1.165, 1.54) is 4.90 Å². The van der Waals surface area contributed by atoms with Crippen LogP contribution >= 0.6 is 11.8 Å². The van der Waals surface area contributed by atoms with E-state index >= 15 is 0 Å². The monoisotopic (exact) mass is 328 g/mol. The Bertz CT molecular complexity index is 690. The second-order valence-electron chi connectivity index (χ2n) is 5.37. The molecular weight excluding hydrogens is 308 g/mol. The third-order valence-corrected chi connectivity index (χ3v) is 4.83. The van der Waals surface area contributed by atoms with Crippen molar-refractivity contribution in [1.82, 2.24) is 5.32 Å². The number of nitrogens with zero attached hydrogens (tertiary/aromatic N) is 1. The molecule has 1 amide bonds. The van der Waals surface area contributed by atoms with Crippen molar-refractivity contribution >= 4 is 23.4 Å². The molecule has 2 aromatic carbocycles. The molecule has 1 N–H and O–H groups in total. The van der Waals surface area contributed by atoms with Gasteiger partial charge in [-0.05, 0) is 29.8 Å². The molecule has 0 saturated carbocycles. The molecule has 0 aliphatic carbocycles. The van der Waals surface area contributed by atoms with Crippen molar-refractivity contribution < 1.29 is 9.53 Å². The van der Waals surface area contributed by atoms with E-state index < -0.39 is 0 Å². The van der Waals surface area contributed by atoms with E-state index in [4.69, 9.17) is 4.74 Å². The Balaban J connectivity index is 1.58. The molecule has 0 atom stereocenters. The van der Waals surface area contributed by atoms with Gasteiger partial charge in [0.25, 0.3) is 0 Å². The number of hydrogen-bond acceptors (Lipinski definition) is 4. The number of amides is 1. The zero-order valence-corrected chi connectivity index (χ0v) is 13.9. The molecule has 0 fully saturated rings. The number of fused-ring (bicyclic) bond motifs is 1. The third-order valence-electron chi connectivity index (χ3n) is 3.78. The van der Waals surface area contributed by atoms with Crippen LogP contribution in [-0.2, 0) is 11.3 Å². The Hall–Kier alpha value is -2.14. The average Bonchev–Trinajstić information content (AvgIpc) is 2.60. The molecule has 0 unspecified atom stereocenters. The first-order valence-corrected chi connectivity index (χ1v) is 8.61. The smallest absolute Gasteiger partial charge is 0.239 e. The van der Waals surface area contributed by atoms with Crippen molar-refractivity contribution in [3.8, 4) is 5.75 Å². The van der Waals surface area contributed by atoms with Crippen LogP contribution in [-0.4, -0.2) is 31.9 Å². The van der Waals surface area contributed by atoms with Crippen molar-refractivity contribution in [2.45, 2.75) is 11.4 Å². The number of carbonyl (C=O) groups is 1. The molecule has 1 aliphatic rings. The fourth-order valence-corrected chi connectivity index (χ4v) is 3.65. The molecule has 1 aliphatic heterocycles. The van der Waals surface area contributed by atoms with E-state index in [-0.39, 0.29) is 5.91 Å². The van der Waals surface area contributed by atoms with Crippen molar-refractivity contribution in [3.05, 3.63) is 54.1 Å².